The molecule has 0 amide bonds. The Labute approximate surface area is 118 Å². The summed E-state index contributed by atoms with van der Waals surface area (Å²) in [6, 6.07) is -1.03. The van der Waals surface area contributed by atoms with Crippen molar-refractivity contribution in [2.24, 2.45) is 16.7 Å². The molecule has 0 spiro atoms. The van der Waals surface area contributed by atoms with Gasteiger partial charge in [0, 0.05) is 5.92 Å². The minimum Gasteiger partial charge on any atom is -0.481 e. The average Bonchev–Trinajstić information content (AvgIpc) is 2.59. The predicted molar refractivity (Wildman–Crippen MR) is 72.3 cm³/mol. The van der Waals surface area contributed by atoms with Crippen LogP contribution >= 0.6 is 0 Å². The molecule has 3 N–H and O–H groups in total. The van der Waals surface area contributed by atoms with Gasteiger partial charge in [-0.05, 0) is 18.8 Å². The van der Waals surface area contributed by atoms with Crippen LogP contribution in [0.4, 0.5) is 0 Å². The van der Waals surface area contributed by atoms with E-state index in [-0.39, 0.29) is 0 Å². The SMILES string of the molecule is CCC1C(C)(C(=O)O)C(C=O)NC1(C(=O)O)C(C)(C)C. The second-order valence-electron chi connectivity index (χ2n) is 6.67. The van der Waals surface area contributed by atoms with Gasteiger partial charge in [-0.25, -0.2) is 0 Å². The van der Waals surface area contributed by atoms with Gasteiger partial charge in [0.1, 0.15) is 11.8 Å². The van der Waals surface area contributed by atoms with Crippen molar-refractivity contribution in [1.29, 1.82) is 0 Å². The Bertz CT molecular complexity index is 441. The lowest BCUT2D eigenvalue weighted by molar-refractivity contribution is -0.158. The lowest BCUT2D eigenvalue weighted by Crippen LogP contribution is -2.62. The first kappa shape index (κ1) is 16.6. The molecule has 0 bridgehead atoms. The highest BCUT2D eigenvalue weighted by molar-refractivity contribution is 5.89. The van der Waals surface area contributed by atoms with Crippen molar-refractivity contribution in [2.75, 3.05) is 0 Å². The quantitative estimate of drug-likeness (QED) is 0.669. The van der Waals surface area contributed by atoms with Gasteiger partial charge < -0.3 is 15.0 Å². The van der Waals surface area contributed by atoms with Crippen LogP contribution in [0, 0.1) is 16.7 Å². The summed E-state index contributed by atoms with van der Waals surface area (Å²) in [5, 5.41) is 22.1. The Balaban J connectivity index is 3.61. The van der Waals surface area contributed by atoms with Crippen molar-refractivity contribution in [3.05, 3.63) is 0 Å². The first-order chi connectivity index (χ1) is 9.00. The summed E-state index contributed by atoms with van der Waals surface area (Å²) in [4.78, 5) is 35.0. The van der Waals surface area contributed by atoms with Crippen LogP contribution in [-0.2, 0) is 14.4 Å². The first-order valence-electron chi connectivity index (χ1n) is 6.69. The van der Waals surface area contributed by atoms with Gasteiger partial charge in [0.05, 0.1) is 11.5 Å². The molecule has 1 heterocycles. The van der Waals surface area contributed by atoms with Crippen LogP contribution < -0.4 is 5.32 Å². The highest BCUT2D eigenvalue weighted by Gasteiger charge is 2.69. The highest BCUT2D eigenvalue weighted by atomic mass is 16.4. The zero-order chi connectivity index (χ0) is 15.9. The highest BCUT2D eigenvalue weighted by Crippen LogP contribution is 2.53. The number of aldehydes is 1. The van der Waals surface area contributed by atoms with E-state index in [1.165, 1.54) is 6.92 Å². The van der Waals surface area contributed by atoms with Crippen molar-refractivity contribution >= 4 is 18.2 Å². The van der Waals surface area contributed by atoms with Crippen molar-refractivity contribution in [3.63, 3.8) is 0 Å². The van der Waals surface area contributed by atoms with E-state index in [4.69, 9.17) is 0 Å². The van der Waals surface area contributed by atoms with E-state index in [0.717, 1.165) is 0 Å². The van der Waals surface area contributed by atoms with Gasteiger partial charge in [-0.3, -0.25) is 14.9 Å². The largest absolute Gasteiger partial charge is 0.481 e. The molecule has 0 saturated carbocycles. The number of carboxylic acid groups (broad SMARTS) is 2. The van der Waals surface area contributed by atoms with E-state index in [2.05, 4.69) is 5.32 Å². The van der Waals surface area contributed by atoms with E-state index in [1.54, 1.807) is 27.7 Å². The Hall–Kier alpha value is -1.43. The fraction of sp³-hybridized carbons (Fsp3) is 0.786. The van der Waals surface area contributed by atoms with Gasteiger partial charge >= 0.3 is 11.9 Å². The van der Waals surface area contributed by atoms with Crippen LogP contribution in [0.1, 0.15) is 41.0 Å². The van der Waals surface area contributed by atoms with Crippen LogP contribution in [0.25, 0.3) is 0 Å². The van der Waals surface area contributed by atoms with Crippen molar-refractivity contribution < 1.29 is 24.6 Å². The van der Waals surface area contributed by atoms with E-state index in [0.29, 0.717) is 12.7 Å². The Kier molecular flexibility index (Phi) is 4.02. The summed E-state index contributed by atoms with van der Waals surface area (Å²) in [5.74, 6) is -2.96. The predicted octanol–water partition coefficient (Wildman–Crippen LogP) is 1.14. The maximum atomic E-state index is 11.9. The molecule has 1 fully saturated rings. The van der Waals surface area contributed by atoms with Crippen LogP contribution in [0.5, 0.6) is 0 Å². The zero-order valence-electron chi connectivity index (χ0n) is 12.6. The fourth-order valence-electron chi connectivity index (χ4n) is 3.62. The minimum atomic E-state index is -1.46. The molecule has 1 saturated heterocycles. The molecule has 0 aromatic rings. The molecule has 0 aliphatic carbocycles. The molecular weight excluding hydrogens is 262 g/mol. The summed E-state index contributed by atoms with van der Waals surface area (Å²) >= 11 is 0. The summed E-state index contributed by atoms with van der Waals surface area (Å²) in [5.41, 5.74) is -3.64. The first-order valence-corrected chi connectivity index (χ1v) is 6.69. The normalized spacial score (nSPS) is 37.6. The number of rotatable bonds is 4. The smallest absolute Gasteiger partial charge is 0.324 e. The molecule has 6 nitrogen and oxygen atoms in total. The van der Waals surface area contributed by atoms with Gasteiger partial charge in [0.25, 0.3) is 0 Å². The molecule has 1 aliphatic heterocycles. The van der Waals surface area contributed by atoms with Gasteiger partial charge in [0.15, 0.2) is 0 Å². The lowest BCUT2D eigenvalue weighted by atomic mass is 9.59. The fourth-order valence-corrected chi connectivity index (χ4v) is 3.62. The zero-order valence-corrected chi connectivity index (χ0v) is 12.6. The van der Waals surface area contributed by atoms with E-state index in [9.17, 15) is 24.6 Å². The third kappa shape index (κ3) is 1.85. The number of carbonyl (C=O) groups excluding carboxylic acids is 1. The lowest BCUT2D eigenvalue weighted by Gasteiger charge is -2.44. The van der Waals surface area contributed by atoms with E-state index < -0.39 is 40.3 Å². The summed E-state index contributed by atoms with van der Waals surface area (Å²) in [6.45, 7) is 8.43. The topological polar surface area (TPSA) is 104 Å². The van der Waals surface area contributed by atoms with Crippen LogP contribution in [0.15, 0.2) is 0 Å². The summed E-state index contributed by atoms with van der Waals surface area (Å²) < 4.78 is 0. The second kappa shape index (κ2) is 4.84. The minimum absolute atomic E-state index is 0.351. The van der Waals surface area contributed by atoms with Gasteiger partial charge in [-0.2, -0.15) is 0 Å². The molecule has 1 aliphatic rings. The molecule has 4 atom stereocenters. The Morgan fingerprint density at radius 3 is 2.00 bits per heavy atom. The average molecular weight is 285 g/mol. The molecule has 20 heavy (non-hydrogen) atoms. The number of carbonyl (C=O) groups is 3. The van der Waals surface area contributed by atoms with E-state index >= 15 is 0 Å². The third-order valence-corrected chi connectivity index (χ3v) is 4.80. The van der Waals surface area contributed by atoms with Crippen LogP contribution in [0.2, 0.25) is 0 Å². The van der Waals surface area contributed by atoms with E-state index in [1.807, 2.05) is 0 Å². The Morgan fingerprint density at radius 2 is 1.75 bits per heavy atom. The monoisotopic (exact) mass is 285 g/mol. The molecule has 6 heteroatoms. The molecule has 4 unspecified atom stereocenters. The van der Waals surface area contributed by atoms with Crippen LogP contribution in [0.3, 0.4) is 0 Å². The molecule has 1 rings (SSSR count). The van der Waals surface area contributed by atoms with Gasteiger partial charge in [-0.15, -0.1) is 0 Å². The molecule has 0 aromatic heterocycles. The maximum Gasteiger partial charge on any atom is 0.324 e. The Morgan fingerprint density at radius 1 is 1.25 bits per heavy atom. The van der Waals surface area contributed by atoms with Gasteiger partial charge in [-0.1, -0.05) is 27.7 Å². The number of aliphatic carboxylic acids is 2. The van der Waals surface area contributed by atoms with Crippen molar-refractivity contribution in [3.8, 4) is 0 Å². The summed E-state index contributed by atoms with van der Waals surface area (Å²) in [6.07, 6.45) is 0.858. The molecule has 0 radical (unpaired) electrons. The van der Waals surface area contributed by atoms with Crippen LogP contribution in [-0.4, -0.2) is 40.0 Å². The summed E-state index contributed by atoms with van der Waals surface area (Å²) in [7, 11) is 0. The standard InChI is InChI=1S/C14H23NO5/c1-6-8-13(5,10(17)18)9(7-16)15-14(8,11(19)20)12(2,3)4/h7-9,15H,6H2,1-5H3,(H,17,18)(H,19,20). The molecule has 0 aromatic carbocycles. The number of hydrogen-bond donors (Lipinski definition) is 3. The van der Waals surface area contributed by atoms with Crippen molar-refractivity contribution in [1.82, 2.24) is 5.32 Å². The van der Waals surface area contributed by atoms with Gasteiger partial charge in [0.2, 0.25) is 0 Å². The molecular formula is C14H23NO5. The number of hydrogen-bond acceptors (Lipinski definition) is 4. The number of nitrogens with one attached hydrogen (secondary N) is 1. The molecule has 114 valence electrons. The third-order valence-electron chi connectivity index (χ3n) is 4.80. The van der Waals surface area contributed by atoms with Crippen molar-refractivity contribution in [2.45, 2.75) is 52.6 Å². The number of carboxylic acids is 2. The maximum absolute atomic E-state index is 11.9. The second-order valence-corrected chi connectivity index (χ2v) is 6.67.